The Kier molecular flexibility index (Phi) is 4.77. The molecule has 0 unspecified atom stereocenters. The summed E-state index contributed by atoms with van der Waals surface area (Å²) < 4.78 is 18.3. The molecule has 0 aliphatic rings. The van der Waals surface area contributed by atoms with Crippen molar-refractivity contribution in [2.45, 2.75) is 6.54 Å². The van der Waals surface area contributed by atoms with Crippen molar-refractivity contribution in [3.63, 3.8) is 0 Å². The smallest absolute Gasteiger partial charge is 0.268 e. The minimum atomic E-state index is -0.329. The van der Waals surface area contributed by atoms with Crippen LogP contribution in [0.15, 0.2) is 54.9 Å². The van der Waals surface area contributed by atoms with Crippen LogP contribution < -0.4 is 10.1 Å². The largest absolute Gasteiger partial charge is 0.439 e. The third kappa shape index (κ3) is 4.11. The van der Waals surface area contributed by atoms with Gasteiger partial charge in [0.2, 0.25) is 5.88 Å². The molecule has 0 spiro atoms. The van der Waals surface area contributed by atoms with Gasteiger partial charge in [-0.2, -0.15) is 0 Å². The van der Waals surface area contributed by atoms with E-state index in [0.717, 1.165) is 5.56 Å². The molecule has 122 valence electrons. The topological polar surface area (TPSA) is 67.0 Å². The van der Waals surface area contributed by atoms with Gasteiger partial charge in [0.15, 0.2) is 0 Å². The third-order valence-electron chi connectivity index (χ3n) is 3.18. The number of ether oxygens (including phenoxy) is 1. The van der Waals surface area contributed by atoms with Crippen molar-refractivity contribution < 1.29 is 13.9 Å². The summed E-state index contributed by atoms with van der Waals surface area (Å²) in [6.45, 7) is 0.319. The SMILES string of the molecule is O=C(NCc1ccc(Oc2ccc(F)cc2)nc1)c1cc(Cl)c[nH]1. The molecular weight excluding hydrogens is 333 g/mol. The van der Waals surface area contributed by atoms with E-state index < -0.39 is 0 Å². The second-order valence-electron chi connectivity index (χ2n) is 4.97. The number of carbonyl (C=O) groups is 1. The van der Waals surface area contributed by atoms with Crippen molar-refractivity contribution in [1.29, 1.82) is 0 Å². The molecule has 0 radical (unpaired) electrons. The van der Waals surface area contributed by atoms with Crippen LogP contribution in [0.4, 0.5) is 4.39 Å². The van der Waals surface area contributed by atoms with Crippen LogP contribution in [0.25, 0.3) is 0 Å². The minimum absolute atomic E-state index is 0.256. The molecular formula is C17H13ClFN3O2. The number of amides is 1. The number of nitrogens with zero attached hydrogens (tertiary/aromatic N) is 1. The molecule has 2 aromatic heterocycles. The lowest BCUT2D eigenvalue weighted by Crippen LogP contribution is -2.23. The fraction of sp³-hybridized carbons (Fsp3) is 0.0588. The molecule has 2 heterocycles. The zero-order valence-corrected chi connectivity index (χ0v) is 13.2. The normalized spacial score (nSPS) is 10.4. The Morgan fingerprint density at radius 2 is 2.04 bits per heavy atom. The Labute approximate surface area is 142 Å². The second-order valence-corrected chi connectivity index (χ2v) is 5.41. The number of H-pyrrole nitrogens is 1. The number of halogens is 2. The lowest BCUT2D eigenvalue weighted by Gasteiger charge is -2.06. The standard InChI is InChI=1S/C17H13ClFN3O2/c18-12-7-15(20-10-12)17(23)22-9-11-1-6-16(21-8-11)24-14-4-2-13(19)3-5-14/h1-8,10,20H,9H2,(H,22,23). The lowest BCUT2D eigenvalue weighted by atomic mass is 10.3. The van der Waals surface area contributed by atoms with Gasteiger partial charge in [-0.15, -0.1) is 0 Å². The quantitative estimate of drug-likeness (QED) is 0.736. The van der Waals surface area contributed by atoms with Gasteiger partial charge in [-0.1, -0.05) is 17.7 Å². The van der Waals surface area contributed by atoms with Crippen LogP contribution in [0.3, 0.4) is 0 Å². The molecule has 2 N–H and O–H groups in total. The molecule has 1 amide bonds. The Morgan fingerprint density at radius 3 is 2.67 bits per heavy atom. The highest BCUT2D eigenvalue weighted by molar-refractivity contribution is 6.30. The fourth-order valence-electron chi connectivity index (χ4n) is 1.98. The van der Waals surface area contributed by atoms with Gasteiger partial charge in [0.1, 0.15) is 17.3 Å². The first-order valence-electron chi connectivity index (χ1n) is 7.10. The lowest BCUT2D eigenvalue weighted by molar-refractivity contribution is 0.0946. The number of nitrogens with one attached hydrogen (secondary N) is 2. The van der Waals surface area contributed by atoms with Crippen molar-refractivity contribution in [3.05, 3.63) is 77.0 Å². The highest BCUT2D eigenvalue weighted by atomic mass is 35.5. The predicted molar refractivity (Wildman–Crippen MR) is 87.7 cm³/mol. The molecule has 0 fully saturated rings. The van der Waals surface area contributed by atoms with Gasteiger partial charge in [0.25, 0.3) is 5.91 Å². The zero-order chi connectivity index (χ0) is 16.9. The highest BCUT2D eigenvalue weighted by Crippen LogP contribution is 2.19. The molecule has 3 aromatic rings. The number of pyridine rings is 1. The van der Waals surface area contributed by atoms with E-state index >= 15 is 0 Å². The van der Waals surface area contributed by atoms with Crippen molar-refractivity contribution in [2.75, 3.05) is 0 Å². The van der Waals surface area contributed by atoms with E-state index in [9.17, 15) is 9.18 Å². The number of benzene rings is 1. The monoisotopic (exact) mass is 345 g/mol. The van der Waals surface area contributed by atoms with Gasteiger partial charge in [-0.25, -0.2) is 9.37 Å². The van der Waals surface area contributed by atoms with E-state index in [1.54, 1.807) is 30.6 Å². The van der Waals surface area contributed by atoms with Crippen LogP contribution in [-0.4, -0.2) is 15.9 Å². The Bertz CT molecular complexity index is 832. The number of hydrogen-bond acceptors (Lipinski definition) is 3. The first-order valence-corrected chi connectivity index (χ1v) is 7.48. The number of hydrogen-bond donors (Lipinski definition) is 2. The summed E-state index contributed by atoms with van der Waals surface area (Å²) in [4.78, 5) is 18.8. The Morgan fingerprint density at radius 1 is 1.25 bits per heavy atom. The summed E-state index contributed by atoms with van der Waals surface area (Å²) in [5, 5.41) is 3.23. The number of carbonyl (C=O) groups excluding carboxylic acids is 1. The predicted octanol–water partition coefficient (Wildman–Crippen LogP) is 3.92. The summed E-state index contributed by atoms with van der Waals surface area (Å²) >= 11 is 5.76. The van der Waals surface area contributed by atoms with E-state index in [1.165, 1.54) is 24.3 Å². The van der Waals surface area contributed by atoms with Crippen molar-refractivity contribution in [2.24, 2.45) is 0 Å². The van der Waals surface area contributed by atoms with Gasteiger partial charge in [0, 0.05) is 25.0 Å². The maximum atomic E-state index is 12.8. The second kappa shape index (κ2) is 7.14. The molecule has 7 heteroatoms. The van der Waals surface area contributed by atoms with Crippen LogP contribution in [0, 0.1) is 5.82 Å². The molecule has 0 bridgehead atoms. The Hall–Kier alpha value is -2.86. The summed E-state index contributed by atoms with van der Waals surface area (Å²) in [6.07, 6.45) is 3.14. The minimum Gasteiger partial charge on any atom is -0.439 e. The Balaban J connectivity index is 1.56. The van der Waals surface area contributed by atoms with E-state index in [-0.39, 0.29) is 11.7 Å². The van der Waals surface area contributed by atoms with Crippen molar-refractivity contribution in [3.8, 4) is 11.6 Å². The van der Waals surface area contributed by atoms with Gasteiger partial charge >= 0.3 is 0 Å². The van der Waals surface area contributed by atoms with Crippen LogP contribution in [0.1, 0.15) is 16.1 Å². The molecule has 0 saturated heterocycles. The first kappa shape index (κ1) is 16.0. The van der Waals surface area contributed by atoms with Crippen LogP contribution in [0.2, 0.25) is 5.02 Å². The molecule has 24 heavy (non-hydrogen) atoms. The van der Waals surface area contributed by atoms with Gasteiger partial charge in [-0.05, 0) is 35.9 Å². The van der Waals surface area contributed by atoms with Crippen LogP contribution in [0.5, 0.6) is 11.6 Å². The molecule has 0 atom stereocenters. The molecule has 0 saturated carbocycles. The maximum absolute atomic E-state index is 12.8. The van der Waals surface area contributed by atoms with Gasteiger partial charge in [0.05, 0.1) is 5.02 Å². The summed E-state index contributed by atoms with van der Waals surface area (Å²) in [7, 11) is 0. The molecule has 0 aliphatic heterocycles. The van der Waals surface area contributed by atoms with E-state index in [1.807, 2.05) is 0 Å². The summed E-state index contributed by atoms with van der Waals surface area (Å²) in [6, 6.07) is 10.7. The van der Waals surface area contributed by atoms with Crippen LogP contribution >= 0.6 is 11.6 Å². The third-order valence-corrected chi connectivity index (χ3v) is 3.40. The average molecular weight is 346 g/mol. The number of aromatic nitrogens is 2. The summed E-state index contributed by atoms with van der Waals surface area (Å²) in [5.41, 5.74) is 1.21. The highest BCUT2D eigenvalue weighted by Gasteiger charge is 2.08. The molecule has 0 aliphatic carbocycles. The number of aromatic amines is 1. The van der Waals surface area contributed by atoms with E-state index in [2.05, 4.69) is 15.3 Å². The van der Waals surface area contributed by atoms with E-state index in [0.29, 0.717) is 28.9 Å². The van der Waals surface area contributed by atoms with E-state index in [4.69, 9.17) is 16.3 Å². The van der Waals surface area contributed by atoms with Crippen molar-refractivity contribution >= 4 is 17.5 Å². The molecule has 1 aromatic carbocycles. The van der Waals surface area contributed by atoms with Gasteiger partial charge < -0.3 is 15.0 Å². The molecule has 5 nitrogen and oxygen atoms in total. The average Bonchev–Trinajstić information content (AvgIpc) is 3.03. The fourth-order valence-corrected chi connectivity index (χ4v) is 2.14. The molecule has 3 rings (SSSR count). The van der Waals surface area contributed by atoms with Crippen molar-refractivity contribution in [1.82, 2.24) is 15.3 Å². The first-order chi connectivity index (χ1) is 11.6. The summed E-state index contributed by atoms with van der Waals surface area (Å²) in [5.74, 6) is 0.291. The number of rotatable bonds is 5. The zero-order valence-electron chi connectivity index (χ0n) is 12.4. The van der Waals surface area contributed by atoms with Gasteiger partial charge in [-0.3, -0.25) is 4.79 Å². The van der Waals surface area contributed by atoms with Crippen LogP contribution in [-0.2, 0) is 6.54 Å². The maximum Gasteiger partial charge on any atom is 0.268 e.